The summed E-state index contributed by atoms with van der Waals surface area (Å²) in [5.74, 6) is 0.484. The van der Waals surface area contributed by atoms with Gasteiger partial charge in [-0.3, -0.25) is 4.90 Å². The average Bonchev–Trinajstić information content (AvgIpc) is 3.26. The number of carboxylic acid groups (broad SMARTS) is 1. The smallest absolute Gasteiger partial charge is 0.335 e. The molecule has 0 spiro atoms. The van der Waals surface area contributed by atoms with Crippen LogP contribution < -0.4 is 4.74 Å². The van der Waals surface area contributed by atoms with E-state index in [1.54, 1.807) is 36.4 Å². The van der Waals surface area contributed by atoms with Crippen molar-refractivity contribution in [2.45, 2.75) is 51.5 Å². The van der Waals surface area contributed by atoms with Crippen LogP contribution in [0, 0.1) is 11.7 Å². The van der Waals surface area contributed by atoms with Crippen LogP contribution in [0.3, 0.4) is 0 Å². The molecule has 4 heterocycles. The van der Waals surface area contributed by atoms with E-state index in [4.69, 9.17) is 26.1 Å². The summed E-state index contributed by atoms with van der Waals surface area (Å²) < 4.78 is 27.8. The summed E-state index contributed by atoms with van der Waals surface area (Å²) in [5, 5.41) is 9.87. The van der Waals surface area contributed by atoms with Crippen LogP contribution in [0.4, 0.5) is 4.39 Å². The minimum absolute atomic E-state index is 0.0809. The minimum Gasteiger partial charge on any atom is -0.478 e. The van der Waals surface area contributed by atoms with E-state index in [1.165, 1.54) is 6.07 Å². The van der Waals surface area contributed by atoms with Crippen LogP contribution in [0.15, 0.2) is 54.6 Å². The van der Waals surface area contributed by atoms with Crippen molar-refractivity contribution in [3.8, 4) is 5.88 Å². The standard InChI is InChI=1S/C31H32ClFN4O4/c32-23-8-6-22(26(33)15-23)19-41-30-5-1-4-24(34-30)13-20-3-2-11-36(16-20)18-29-35-27-9-7-21(31(38)39)14-28(27)37(29)17-25-10-12-40-25/h1,4-9,14-15,20,25H,2-3,10-13,16-19H2,(H,38,39)/t20-,25-/m0/s1. The number of likely N-dealkylation sites (tertiary alicyclic amines) is 1. The molecule has 4 aromatic rings. The fourth-order valence-corrected chi connectivity index (χ4v) is 5.82. The van der Waals surface area contributed by atoms with Crippen molar-refractivity contribution in [3.63, 3.8) is 0 Å². The number of benzene rings is 2. The molecule has 2 saturated heterocycles. The Morgan fingerprint density at radius 3 is 2.80 bits per heavy atom. The van der Waals surface area contributed by atoms with Gasteiger partial charge in [-0.15, -0.1) is 0 Å². The first kappa shape index (κ1) is 27.6. The van der Waals surface area contributed by atoms with Crippen LogP contribution in [0.1, 0.15) is 46.7 Å². The van der Waals surface area contributed by atoms with Crippen molar-refractivity contribution >= 4 is 28.6 Å². The monoisotopic (exact) mass is 578 g/mol. The zero-order valence-electron chi connectivity index (χ0n) is 22.6. The molecule has 0 amide bonds. The molecule has 0 bridgehead atoms. The third-order valence-electron chi connectivity index (χ3n) is 7.89. The first-order valence-corrected chi connectivity index (χ1v) is 14.4. The lowest BCUT2D eigenvalue weighted by Crippen LogP contribution is -2.37. The van der Waals surface area contributed by atoms with E-state index in [0.29, 0.717) is 35.5 Å². The van der Waals surface area contributed by atoms with Gasteiger partial charge in [-0.25, -0.2) is 19.2 Å². The van der Waals surface area contributed by atoms with Gasteiger partial charge in [0.1, 0.15) is 18.2 Å². The van der Waals surface area contributed by atoms with Gasteiger partial charge in [-0.1, -0.05) is 23.7 Å². The molecule has 41 heavy (non-hydrogen) atoms. The lowest BCUT2D eigenvalue weighted by molar-refractivity contribution is -0.0592. The number of carbonyl (C=O) groups is 1. The minimum atomic E-state index is -0.944. The summed E-state index contributed by atoms with van der Waals surface area (Å²) in [6, 6.07) is 15.4. The van der Waals surface area contributed by atoms with Gasteiger partial charge in [0.2, 0.25) is 5.88 Å². The maximum Gasteiger partial charge on any atom is 0.335 e. The second-order valence-electron chi connectivity index (χ2n) is 10.9. The van der Waals surface area contributed by atoms with Gasteiger partial charge >= 0.3 is 5.97 Å². The van der Waals surface area contributed by atoms with Crippen molar-refractivity contribution in [2.24, 2.45) is 5.92 Å². The van der Waals surface area contributed by atoms with Crippen LogP contribution in [0.5, 0.6) is 5.88 Å². The van der Waals surface area contributed by atoms with Crippen LogP contribution in [-0.4, -0.2) is 56.3 Å². The molecule has 2 fully saturated rings. The number of piperidine rings is 1. The number of carboxylic acids is 1. The normalized spacial score (nSPS) is 19.3. The molecule has 6 rings (SSSR count). The van der Waals surface area contributed by atoms with Gasteiger partial charge in [0, 0.05) is 35.5 Å². The van der Waals surface area contributed by atoms with E-state index in [1.807, 2.05) is 12.1 Å². The third kappa shape index (κ3) is 6.53. The van der Waals surface area contributed by atoms with Crippen molar-refractivity contribution in [2.75, 3.05) is 19.7 Å². The van der Waals surface area contributed by atoms with E-state index in [-0.39, 0.29) is 18.3 Å². The second kappa shape index (κ2) is 12.1. The Morgan fingerprint density at radius 2 is 2.02 bits per heavy atom. The largest absolute Gasteiger partial charge is 0.478 e. The Kier molecular flexibility index (Phi) is 8.18. The highest BCUT2D eigenvalue weighted by Crippen LogP contribution is 2.26. The van der Waals surface area contributed by atoms with Crippen LogP contribution in [-0.2, 0) is 30.9 Å². The Balaban J connectivity index is 1.12. The number of aromatic nitrogens is 3. The third-order valence-corrected chi connectivity index (χ3v) is 8.13. The molecule has 2 aliphatic rings. The quantitative estimate of drug-likeness (QED) is 0.256. The zero-order chi connectivity index (χ0) is 28.3. The van der Waals surface area contributed by atoms with E-state index < -0.39 is 11.8 Å². The topological polar surface area (TPSA) is 89.7 Å². The molecule has 2 atom stereocenters. The summed E-state index contributed by atoms with van der Waals surface area (Å²) in [5.41, 5.74) is 3.27. The number of fused-ring (bicyclic) bond motifs is 1. The number of rotatable bonds is 10. The number of hydrogen-bond acceptors (Lipinski definition) is 6. The molecular weight excluding hydrogens is 547 g/mol. The first-order valence-electron chi connectivity index (χ1n) is 14.0. The van der Waals surface area contributed by atoms with Crippen LogP contribution in [0.25, 0.3) is 11.0 Å². The number of nitrogens with zero attached hydrogens (tertiary/aromatic N) is 4. The molecular formula is C31H32ClFN4O4. The molecule has 1 N–H and O–H groups in total. The number of hydrogen-bond donors (Lipinski definition) is 1. The fraction of sp³-hybridized carbons (Fsp3) is 0.387. The summed E-state index contributed by atoms with van der Waals surface area (Å²) >= 11 is 5.85. The maximum atomic E-state index is 14.1. The molecule has 0 aliphatic carbocycles. The molecule has 2 aromatic carbocycles. The van der Waals surface area contributed by atoms with E-state index in [9.17, 15) is 14.3 Å². The lowest BCUT2D eigenvalue weighted by Gasteiger charge is -2.33. The highest BCUT2D eigenvalue weighted by Gasteiger charge is 2.26. The highest BCUT2D eigenvalue weighted by molar-refractivity contribution is 6.30. The molecule has 0 saturated carbocycles. The number of pyridine rings is 1. The summed E-state index contributed by atoms with van der Waals surface area (Å²) in [7, 11) is 0. The number of ether oxygens (including phenoxy) is 2. The Bertz CT molecular complexity index is 1560. The van der Waals surface area contributed by atoms with E-state index in [2.05, 4.69) is 14.5 Å². The molecule has 8 nitrogen and oxygen atoms in total. The number of halogens is 2. The van der Waals surface area contributed by atoms with Gasteiger partial charge < -0.3 is 19.1 Å². The highest BCUT2D eigenvalue weighted by atomic mass is 35.5. The second-order valence-corrected chi connectivity index (χ2v) is 11.3. The fourth-order valence-electron chi connectivity index (χ4n) is 5.66. The van der Waals surface area contributed by atoms with Gasteiger partial charge in [-0.05, 0) is 74.5 Å². The van der Waals surface area contributed by atoms with E-state index >= 15 is 0 Å². The van der Waals surface area contributed by atoms with Gasteiger partial charge in [0.25, 0.3) is 0 Å². The zero-order valence-corrected chi connectivity index (χ0v) is 23.4. The molecule has 214 valence electrons. The van der Waals surface area contributed by atoms with Crippen molar-refractivity contribution < 1.29 is 23.8 Å². The number of aromatic carboxylic acids is 1. The van der Waals surface area contributed by atoms with Gasteiger partial charge in [-0.2, -0.15) is 0 Å². The van der Waals surface area contributed by atoms with Crippen molar-refractivity contribution in [3.05, 3.63) is 88.1 Å². The molecule has 2 aliphatic heterocycles. The molecule has 10 heteroatoms. The van der Waals surface area contributed by atoms with Crippen molar-refractivity contribution in [1.82, 2.24) is 19.4 Å². The molecule has 0 unspecified atom stereocenters. The first-order chi connectivity index (χ1) is 19.9. The van der Waals surface area contributed by atoms with Crippen molar-refractivity contribution in [1.29, 1.82) is 0 Å². The Labute approximate surface area is 242 Å². The Hall–Kier alpha value is -3.53. The summed E-state index contributed by atoms with van der Waals surface area (Å²) in [4.78, 5) is 23.6. The predicted octanol–water partition coefficient (Wildman–Crippen LogP) is 5.74. The molecule has 2 aromatic heterocycles. The molecule has 0 radical (unpaired) electrons. The summed E-state index contributed by atoms with van der Waals surface area (Å²) in [6.07, 6.45) is 4.12. The van der Waals surface area contributed by atoms with Gasteiger partial charge in [0.15, 0.2) is 0 Å². The van der Waals surface area contributed by atoms with Crippen LogP contribution in [0.2, 0.25) is 5.02 Å². The SMILES string of the molecule is O=C(O)c1ccc2nc(CN3CCC[C@@H](Cc4cccc(OCc5ccc(Cl)cc5F)n4)C3)n(C[C@@H]3CCO3)c2c1. The van der Waals surface area contributed by atoms with Gasteiger partial charge in [0.05, 0.1) is 35.8 Å². The Morgan fingerprint density at radius 1 is 1.15 bits per heavy atom. The van der Waals surface area contributed by atoms with Crippen LogP contribution >= 0.6 is 11.6 Å². The summed E-state index contributed by atoms with van der Waals surface area (Å²) in [6.45, 7) is 4.08. The van der Waals surface area contributed by atoms with E-state index in [0.717, 1.165) is 67.9 Å². The predicted molar refractivity (Wildman–Crippen MR) is 153 cm³/mol. The lowest BCUT2D eigenvalue weighted by atomic mass is 9.93. The maximum absolute atomic E-state index is 14.1. The number of imidazole rings is 1. The average molecular weight is 579 g/mol.